The molecule has 0 heterocycles. The van der Waals surface area contributed by atoms with Gasteiger partial charge >= 0.3 is 0 Å². The van der Waals surface area contributed by atoms with Crippen LogP contribution in [-0.2, 0) is 13.0 Å². The fraction of sp³-hybridized carbons (Fsp3) is 0.350. The summed E-state index contributed by atoms with van der Waals surface area (Å²) in [7, 11) is 0. The number of hydrogen-bond acceptors (Lipinski definition) is 3. The Bertz CT molecular complexity index is 670. The van der Waals surface area contributed by atoms with Crippen molar-refractivity contribution in [3.8, 4) is 0 Å². The lowest BCUT2D eigenvalue weighted by Crippen LogP contribution is -2.33. The zero-order valence-corrected chi connectivity index (χ0v) is 14.5. The average Bonchev–Trinajstić information content (AvgIpc) is 2.64. The summed E-state index contributed by atoms with van der Waals surface area (Å²) < 4.78 is 0. The number of likely N-dealkylation sites (N-methyl/N-ethyl adjacent to an activating group) is 1. The SMILES string of the molecule is CCc1ccccc1NCc1cccc(C(=O)N(CC)CCO)c1. The van der Waals surface area contributed by atoms with Crippen molar-refractivity contribution in [1.82, 2.24) is 4.90 Å². The quantitative estimate of drug-likeness (QED) is 0.782. The van der Waals surface area contributed by atoms with Crippen molar-refractivity contribution in [3.63, 3.8) is 0 Å². The molecule has 0 saturated carbocycles. The molecule has 1 amide bonds. The number of carbonyl (C=O) groups excluding carboxylic acids is 1. The van der Waals surface area contributed by atoms with E-state index in [9.17, 15) is 4.79 Å². The van der Waals surface area contributed by atoms with Crippen LogP contribution < -0.4 is 5.32 Å². The van der Waals surface area contributed by atoms with Crippen molar-refractivity contribution in [2.45, 2.75) is 26.8 Å². The van der Waals surface area contributed by atoms with Gasteiger partial charge in [-0.2, -0.15) is 0 Å². The Morgan fingerprint density at radius 2 is 1.92 bits per heavy atom. The molecule has 2 N–H and O–H groups in total. The van der Waals surface area contributed by atoms with Gasteiger partial charge in [-0.25, -0.2) is 0 Å². The van der Waals surface area contributed by atoms with Gasteiger partial charge in [0.1, 0.15) is 0 Å². The molecule has 0 bridgehead atoms. The molecule has 0 unspecified atom stereocenters. The Balaban J connectivity index is 2.08. The van der Waals surface area contributed by atoms with E-state index in [4.69, 9.17) is 5.11 Å². The Morgan fingerprint density at radius 1 is 1.12 bits per heavy atom. The summed E-state index contributed by atoms with van der Waals surface area (Å²) >= 11 is 0. The van der Waals surface area contributed by atoms with Gasteiger partial charge in [0.05, 0.1) is 6.61 Å². The van der Waals surface area contributed by atoms with Gasteiger partial charge in [0.25, 0.3) is 5.91 Å². The average molecular weight is 326 g/mol. The largest absolute Gasteiger partial charge is 0.395 e. The molecular formula is C20H26N2O2. The van der Waals surface area contributed by atoms with Gasteiger partial charge in [-0.15, -0.1) is 0 Å². The normalized spacial score (nSPS) is 10.5. The first-order chi connectivity index (χ1) is 11.7. The summed E-state index contributed by atoms with van der Waals surface area (Å²) in [5.74, 6) is -0.0395. The minimum atomic E-state index is -0.0395. The van der Waals surface area contributed by atoms with Crippen LogP contribution in [-0.4, -0.2) is 35.6 Å². The highest BCUT2D eigenvalue weighted by molar-refractivity contribution is 5.94. The first-order valence-corrected chi connectivity index (χ1v) is 8.50. The van der Waals surface area contributed by atoms with E-state index in [1.807, 2.05) is 43.3 Å². The smallest absolute Gasteiger partial charge is 0.253 e. The third-order valence-electron chi connectivity index (χ3n) is 4.09. The highest BCUT2D eigenvalue weighted by Gasteiger charge is 2.13. The van der Waals surface area contributed by atoms with Crippen LogP contribution in [0.5, 0.6) is 0 Å². The van der Waals surface area contributed by atoms with E-state index < -0.39 is 0 Å². The number of benzene rings is 2. The van der Waals surface area contributed by atoms with E-state index >= 15 is 0 Å². The van der Waals surface area contributed by atoms with Crippen LogP contribution in [0.15, 0.2) is 48.5 Å². The summed E-state index contributed by atoms with van der Waals surface area (Å²) in [6, 6.07) is 15.9. The molecule has 0 aliphatic heterocycles. The van der Waals surface area contributed by atoms with Crippen LogP contribution in [0.1, 0.15) is 35.3 Å². The Kier molecular flexibility index (Phi) is 6.82. The number of nitrogens with zero attached hydrogens (tertiary/aromatic N) is 1. The molecule has 0 aliphatic carbocycles. The lowest BCUT2D eigenvalue weighted by Gasteiger charge is -2.20. The maximum atomic E-state index is 12.5. The van der Waals surface area contributed by atoms with Crippen LogP contribution in [0, 0.1) is 0 Å². The number of rotatable bonds is 8. The number of anilines is 1. The predicted octanol–water partition coefficient (Wildman–Crippen LogP) is 3.32. The lowest BCUT2D eigenvalue weighted by atomic mass is 10.1. The Morgan fingerprint density at radius 3 is 2.62 bits per heavy atom. The molecule has 2 aromatic carbocycles. The van der Waals surface area contributed by atoms with Gasteiger partial charge in [-0.3, -0.25) is 4.79 Å². The number of hydrogen-bond donors (Lipinski definition) is 2. The second kappa shape index (κ2) is 9.08. The fourth-order valence-electron chi connectivity index (χ4n) is 2.72. The number of aliphatic hydroxyl groups is 1. The van der Waals surface area contributed by atoms with Gasteiger partial charge in [-0.05, 0) is 42.7 Å². The number of amides is 1. The summed E-state index contributed by atoms with van der Waals surface area (Å²) in [5, 5.41) is 12.5. The van der Waals surface area contributed by atoms with Crippen LogP contribution in [0.25, 0.3) is 0 Å². The monoisotopic (exact) mass is 326 g/mol. The molecule has 0 atom stereocenters. The summed E-state index contributed by atoms with van der Waals surface area (Å²) in [6.07, 6.45) is 0.980. The summed E-state index contributed by atoms with van der Waals surface area (Å²) in [4.78, 5) is 14.1. The zero-order valence-electron chi connectivity index (χ0n) is 14.5. The van der Waals surface area contributed by atoms with E-state index in [2.05, 4.69) is 24.4 Å². The highest BCUT2D eigenvalue weighted by Crippen LogP contribution is 2.17. The topological polar surface area (TPSA) is 52.6 Å². The van der Waals surface area contributed by atoms with Crippen LogP contribution in [0.2, 0.25) is 0 Å². The third kappa shape index (κ3) is 4.59. The van der Waals surface area contributed by atoms with E-state index in [-0.39, 0.29) is 12.5 Å². The van der Waals surface area contributed by atoms with Gasteiger partial charge in [0.2, 0.25) is 0 Å². The van der Waals surface area contributed by atoms with Crippen molar-refractivity contribution in [2.75, 3.05) is 25.0 Å². The molecule has 4 heteroatoms. The van der Waals surface area contributed by atoms with E-state index in [1.54, 1.807) is 4.90 Å². The van der Waals surface area contributed by atoms with E-state index in [0.717, 1.165) is 17.7 Å². The lowest BCUT2D eigenvalue weighted by molar-refractivity contribution is 0.0732. The first-order valence-electron chi connectivity index (χ1n) is 8.50. The van der Waals surface area contributed by atoms with Gasteiger partial charge in [0.15, 0.2) is 0 Å². The molecular weight excluding hydrogens is 300 g/mol. The standard InChI is InChI=1S/C20H26N2O2/c1-3-17-9-5-6-11-19(17)21-15-16-8-7-10-18(14-16)20(24)22(4-2)12-13-23/h5-11,14,21,23H,3-4,12-13,15H2,1-2H3. The zero-order chi connectivity index (χ0) is 17.4. The number of nitrogens with one attached hydrogen (secondary N) is 1. The molecule has 4 nitrogen and oxygen atoms in total. The Labute approximate surface area is 144 Å². The Hall–Kier alpha value is -2.33. The van der Waals surface area contributed by atoms with Crippen molar-refractivity contribution in [1.29, 1.82) is 0 Å². The second-order valence-electron chi connectivity index (χ2n) is 5.67. The van der Waals surface area contributed by atoms with Crippen molar-refractivity contribution >= 4 is 11.6 Å². The molecule has 0 aromatic heterocycles. The van der Waals surface area contributed by atoms with Crippen LogP contribution in [0.4, 0.5) is 5.69 Å². The molecule has 2 rings (SSSR count). The summed E-state index contributed by atoms with van der Waals surface area (Å²) in [6.45, 7) is 5.66. The van der Waals surface area contributed by atoms with Crippen LogP contribution in [0.3, 0.4) is 0 Å². The van der Waals surface area contributed by atoms with Crippen LogP contribution >= 0.6 is 0 Å². The minimum absolute atomic E-state index is 0.0192. The first kappa shape index (κ1) is 18.0. The highest BCUT2D eigenvalue weighted by atomic mass is 16.3. The maximum absolute atomic E-state index is 12.5. The molecule has 128 valence electrons. The van der Waals surface area contributed by atoms with E-state index in [0.29, 0.717) is 25.2 Å². The van der Waals surface area contributed by atoms with Crippen molar-refractivity contribution in [2.24, 2.45) is 0 Å². The molecule has 24 heavy (non-hydrogen) atoms. The predicted molar refractivity (Wildman–Crippen MR) is 98.3 cm³/mol. The number of aryl methyl sites for hydroxylation is 1. The summed E-state index contributed by atoms with van der Waals surface area (Å²) in [5.41, 5.74) is 4.14. The van der Waals surface area contributed by atoms with Crippen molar-refractivity contribution in [3.05, 3.63) is 65.2 Å². The fourth-order valence-corrected chi connectivity index (χ4v) is 2.72. The molecule has 0 radical (unpaired) electrons. The molecule has 2 aromatic rings. The van der Waals surface area contributed by atoms with Gasteiger partial charge < -0.3 is 15.3 Å². The van der Waals surface area contributed by atoms with E-state index in [1.165, 1.54) is 5.56 Å². The van der Waals surface area contributed by atoms with Gasteiger partial charge in [-0.1, -0.05) is 37.3 Å². The molecule has 0 spiro atoms. The number of carbonyl (C=O) groups is 1. The number of para-hydroxylation sites is 1. The third-order valence-corrected chi connectivity index (χ3v) is 4.09. The molecule has 0 fully saturated rings. The minimum Gasteiger partial charge on any atom is -0.395 e. The maximum Gasteiger partial charge on any atom is 0.253 e. The van der Waals surface area contributed by atoms with Crippen molar-refractivity contribution < 1.29 is 9.90 Å². The second-order valence-corrected chi connectivity index (χ2v) is 5.67. The molecule has 0 aliphatic rings. The van der Waals surface area contributed by atoms with Gasteiger partial charge in [0, 0.05) is 30.9 Å². The number of aliphatic hydroxyl groups excluding tert-OH is 1. The molecule has 0 saturated heterocycles.